The van der Waals surface area contributed by atoms with Gasteiger partial charge in [0.1, 0.15) is 11.5 Å². The van der Waals surface area contributed by atoms with E-state index in [-0.39, 0.29) is 11.6 Å². The van der Waals surface area contributed by atoms with E-state index >= 15 is 4.39 Å². The monoisotopic (exact) mass is 551 g/mol. The van der Waals surface area contributed by atoms with Gasteiger partial charge < -0.3 is 4.98 Å². The van der Waals surface area contributed by atoms with Crippen molar-refractivity contribution in [1.82, 2.24) is 35.0 Å². The van der Waals surface area contributed by atoms with Crippen LogP contribution in [0.4, 0.5) is 4.39 Å². The summed E-state index contributed by atoms with van der Waals surface area (Å²) in [6.07, 6.45) is 8.97. The Morgan fingerprint density at radius 3 is 2.77 bits per heavy atom. The van der Waals surface area contributed by atoms with E-state index in [1.54, 1.807) is 25.4 Å². The summed E-state index contributed by atoms with van der Waals surface area (Å²) in [6.45, 7) is 4.54. The molecule has 200 valence electrons. The minimum absolute atomic E-state index is 0.0216. The number of carbonyl (C=O) groups excluding carboxylic acids is 1. The quantitative estimate of drug-likeness (QED) is 0.226. The molecule has 0 saturated carbocycles. The van der Waals surface area contributed by atoms with Crippen LogP contribution in [0.5, 0.6) is 0 Å². The van der Waals surface area contributed by atoms with Gasteiger partial charge in [-0.2, -0.15) is 5.10 Å². The van der Waals surface area contributed by atoms with Crippen LogP contribution in [-0.4, -0.2) is 53.9 Å². The molecule has 0 aliphatic carbocycles. The number of rotatable bonds is 6. The summed E-state index contributed by atoms with van der Waals surface area (Å²) in [7, 11) is 0. The molecular formula is C30H26FN7OS. The van der Waals surface area contributed by atoms with Crippen LogP contribution >= 0.6 is 11.3 Å². The normalized spacial score (nSPS) is 14.3. The average Bonchev–Trinajstić information content (AvgIpc) is 3.72. The zero-order valence-corrected chi connectivity index (χ0v) is 22.7. The number of H-pyrrole nitrogens is 2. The van der Waals surface area contributed by atoms with Crippen molar-refractivity contribution in [3.05, 3.63) is 71.2 Å². The number of halogens is 1. The molecule has 0 radical (unpaired) electrons. The first kappa shape index (κ1) is 24.7. The number of pyridine rings is 2. The van der Waals surface area contributed by atoms with Gasteiger partial charge in [0.15, 0.2) is 17.3 Å². The number of imidazole rings is 1. The summed E-state index contributed by atoms with van der Waals surface area (Å²) < 4.78 is 16.2. The first-order valence-electron chi connectivity index (χ1n) is 13.3. The van der Waals surface area contributed by atoms with E-state index in [1.807, 2.05) is 36.5 Å². The molecule has 6 heterocycles. The van der Waals surface area contributed by atoms with Crippen molar-refractivity contribution in [2.75, 3.05) is 13.1 Å². The molecule has 0 atom stereocenters. The van der Waals surface area contributed by atoms with Crippen molar-refractivity contribution in [2.45, 2.75) is 32.7 Å². The Labute approximate surface area is 233 Å². The summed E-state index contributed by atoms with van der Waals surface area (Å²) in [5, 5.41) is 7.74. The molecule has 5 aromatic heterocycles. The van der Waals surface area contributed by atoms with Crippen LogP contribution in [0.15, 0.2) is 55.0 Å². The number of nitrogens with one attached hydrogen (secondary N) is 2. The van der Waals surface area contributed by atoms with E-state index in [4.69, 9.17) is 0 Å². The highest BCUT2D eigenvalue weighted by Crippen LogP contribution is 2.36. The number of hydrogen-bond acceptors (Lipinski definition) is 7. The molecule has 2 N–H and O–H groups in total. The summed E-state index contributed by atoms with van der Waals surface area (Å²) in [6, 6.07) is 11.2. The van der Waals surface area contributed by atoms with Gasteiger partial charge >= 0.3 is 0 Å². The van der Waals surface area contributed by atoms with Gasteiger partial charge in [-0.25, -0.2) is 14.4 Å². The van der Waals surface area contributed by atoms with Crippen molar-refractivity contribution in [3.63, 3.8) is 0 Å². The zero-order valence-electron chi connectivity index (χ0n) is 21.9. The van der Waals surface area contributed by atoms with Crippen LogP contribution in [0, 0.1) is 5.82 Å². The lowest BCUT2D eigenvalue weighted by Crippen LogP contribution is -2.29. The number of ketones is 1. The molecule has 40 heavy (non-hydrogen) atoms. The minimum Gasteiger partial charge on any atom is -0.335 e. The maximum atomic E-state index is 16.2. The standard InChI is InChI=1S/C30H26FN7OS/c1-17(39)23-7-8-24(40-23)21-9-10-33-29-27(21)34-30(35-29)28-25-22(36-37-28)6-5-20(26(25)31)19-13-18(14-32-15-19)16-38-11-3-2-4-12-38/h5-10,13-15H,2-4,11-12,16H2,1H3,(H,36,37)(H,33,34,35). The minimum atomic E-state index is -0.379. The molecule has 1 saturated heterocycles. The van der Waals surface area contributed by atoms with Crippen molar-refractivity contribution in [3.8, 4) is 33.1 Å². The summed E-state index contributed by atoms with van der Waals surface area (Å²) in [5.74, 6) is 0.0575. The fourth-order valence-electron chi connectivity index (χ4n) is 5.46. The lowest BCUT2D eigenvalue weighted by atomic mass is 10.0. The third-order valence-electron chi connectivity index (χ3n) is 7.46. The maximum Gasteiger partial charge on any atom is 0.178 e. The van der Waals surface area contributed by atoms with Crippen molar-refractivity contribution in [2.24, 2.45) is 0 Å². The van der Waals surface area contributed by atoms with E-state index in [9.17, 15) is 4.79 Å². The first-order valence-corrected chi connectivity index (χ1v) is 14.2. The third kappa shape index (κ3) is 4.39. The largest absolute Gasteiger partial charge is 0.335 e. The van der Waals surface area contributed by atoms with Gasteiger partial charge in [0.25, 0.3) is 0 Å². The second-order valence-corrected chi connectivity index (χ2v) is 11.3. The zero-order chi connectivity index (χ0) is 27.2. The Morgan fingerprint density at radius 1 is 1.07 bits per heavy atom. The molecule has 6 aromatic rings. The summed E-state index contributed by atoms with van der Waals surface area (Å²) in [5.41, 5.74) is 5.30. The molecule has 0 spiro atoms. The van der Waals surface area contributed by atoms with Gasteiger partial charge in [-0.3, -0.25) is 19.8 Å². The topological polar surface area (TPSA) is 103 Å². The summed E-state index contributed by atoms with van der Waals surface area (Å²) >= 11 is 1.42. The highest BCUT2D eigenvalue weighted by molar-refractivity contribution is 7.17. The molecule has 1 aliphatic heterocycles. The molecule has 0 bridgehead atoms. The van der Waals surface area contributed by atoms with Crippen LogP contribution in [0.25, 0.3) is 55.2 Å². The lowest BCUT2D eigenvalue weighted by Gasteiger charge is -2.26. The molecule has 7 rings (SSSR count). The fraction of sp³-hybridized carbons (Fsp3) is 0.233. The molecule has 10 heteroatoms. The highest BCUT2D eigenvalue weighted by Gasteiger charge is 2.21. The van der Waals surface area contributed by atoms with Crippen LogP contribution in [0.2, 0.25) is 0 Å². The van der Waals surface area contributed by atoms with E-state index in [2.05, 4.69) is 35.0 Å². The number of fused-ring (bicyclic) bond motifs is 2. The number of aromatic amines is 2. The molecule has 1 aliphatic rings. The number of thiophene rings is 1. The van der Waals surface area contributed by atoms with Crippen LogP contribution < -0.4 is 0 Å². The van der Waals surface area contributed by atoms with Gasteiger partial charge in [0, 0.05) is 46.7 Å². The smallest absolute Gasteiger partial charge is 0.178 e. The number of carbonyl (C=O) groups is 1. The van der Waals surface area contributed by atoms with Gasteiger partial charge in [-0.05, 0) is 74.8 Å². The summed E-state index contributed by atoms with van der Waals surface area (Å²) in [4.78, 5) is 32.7. The highest BCUT2D eigenvalue weighted by atomic mass is 32.1. The Balaban J connectivity index is 1.28. The second kappa shape index (κ2) is 10.0. The van der Waals surface area contributed by atoms with E-state index < -0.39 is 0 Å². The predicted molar refractivity (Wildman–Crippen MR) is 155 cm³/mol. The van der Waals surface area contributed by atoms with Gasteiger partial charge in [-0.1, -0.05) is 6.42 Å². The van der Waals surface area contributed by atoms with Crippen molar-refractivity contribution in [1.29, 1.82) is 0 Å². The molecule has 1 fully saturated rings. The number of hydrogen-bond donors (Lipinski definition) is 2. The predicted octanol–water partition coefficient (Wildman–Crippen LogP) is 6.62. The Morgan fingerprint density at radius 2 is 1.95 bits per heavy atom. The first-order chi connectivity index (χ1) is 19.5. The number of aromatic nitrogens is 6. The van der Waals surface area contributed by atoms with Crippen LogP contribution in [0.3, 0.4) is 0 Å². The van der Waals surface area contributed by atoms with E-state index in [0.29, 0.717) is 44.0 Å². The Bertz CT molecular complexity index is 1880. The Hall–Kier alpha value is -4.28. The molecule has 8 nitrogen and oxygen atoms in total. The number of benzene rings is 1. The number of Topliss-reactive ketones (excluding diaryl/α,β-unsaturated/α-hetero) is 1. The molecule has 0 unspecified atom stereocenters. The SMILES string of the molecule is CC(=O)c1ccc(-c2ccnc3nc(-c4n[nH]c5ccc(-c6cncc(CN7CCCCC7)c6)c(F)c45)[nH]c23)s1. The second-order valence-electron chi connectivity index (χ2n) is 10.2. The Kier molecular flexibility index (Phi) is 6.21. The number of nitrogens with zero attached hydrogens (tertiary/aromatic N) is 5. The lowest BCUT2D eigenvalue weighted by molar-refractivity contribution is 0.102. The van der Waals surface area contributed by atoms with Crippen LogP contribution in [0.1, 0.15) is 41.4 Å². The number of likely N-dealkylation sites (tertiary alicyclic amines) is 1. The number of piperidine rings is 1. The van der Waals surface area contributed by atoms with Crippen molar-refractivity contribution >= 4 is 39.2 Å². The van der Waals surface area contributed by atoms with E-state index in [0.717, 1.165) is 41.2 Å². The van der Waals surface area contributed by atoms with Gasteiger partial charge in [0.2, 0.25) is 0 Å². The van der Waals surface area contributed by atoms with Gasteiger partial charge in [-0.15, -0.1) is 11.3 Å². The fourth-order valence-corrected chi connectivity index (χ4v) is 6.40. The maximum absolute atomic E-state index is 16.2. The van der Waals surface area contributed by atoms with E-state index in [1.165, 1.54) is 30.6 Å². The molecule has 1 aromatic carbocycles. The molecular weight excluding hydrogens is 525 g/mol. The molecule has 0 amide bonds. The van der Waals surface area contributed by atoms with Gasteiger partial charge in [0.05, 0.1) is 21.3 Å². The average molecular weight is 552 g/mol. The third-order valence-corrected chi connectivity index (χ3v) is 8.68. The van der Waals surface area contributed by atoms with Crippen LogP contribution in [-0.2, 0) is 6.54 Å². The van der Waals surface area contributed by atoms with Crippen molar-refractivity contribution < 1.29 is 9.18 Å².